The van der Waals surface area contributed by atoms with E-state index in [9.17, 15) is 9.18 Å². The molecule has 1 rings (SSSR count). The molecule has 1 heterocycles. The van der Waals surface area contributed by atoms with Crippen LogP contribution >= 0.6 is 0 Å². The van der Waals surface area contributed by atoms with Gasteiger partial charge in [0.2, 0.25) is 5.91 Å². The van der Waals surface area contributed by atoms with Crippen LogP contribution in [-0.2, 0) is 4.79 Å². The highest BCUT2D eigenvalue weighted by molar-refractivity contribution is 5.79. The Morgan fingerprint density at radius 2 is 2.21 bits per heavy atom. The number of alkyl halides is 1. The van der Waals surface area contributed by atoms with Crippen LogP contribution in [0.4, 0.5) is 4.39 Å². The Morgan fingerprint density at radius 1 is 1.64 bits per heavy atom. The molecule has 0 aromatic carbocycles. The first-order valence-electron chi connectivity index (χ1n) is 5.20. The quantitative estimate of drug-likeness (QED) is 0.737. The van der Waals surface area contributed by atoms with Gasteiger partial charge in [-0.2, -0.15) is 0 Å². The maximum atomic E-state index is 13.4. The number of likely N-dealkylation sites (tertiary alicyclic amines) is 1. The van der Waals surface area contributed by atoms with Gasteiger partial charge in [0.15, 0.2) is 5.67 Å². The first kappa shape index (κ1) is 11.4. The maximum absolute atomic E-state index is 13.4. The Balaban J connectivity index is 2.36. The van der Waals surface area contributed by atoms with Crippen molar-refractivity contribution in [3.8, 4) is 0 Å². The Bertz CT molecular complexity index is 214. The number of hydrogen-bond donors (Lipinski definition) is 1. The van der Waals surface area contributed by atoms with Crippen LogP contribution in [0.2, 0.25) is 0 Å². The summed E-state index contributed by atoms with van der Waals surface area (Å²) >= 11 is 0. The van der Waals surface area contributed by atoms with E-state index in [0.717, 1.165) is 12.8 Å². The van der Waals surface area contributed by atoms with E-state index in [0.29, 0.717) is 0 Å². The number of halogens is 1. The predicted octanol–water partition coefficient (Wildman–Crippen LogP) is 0.932. The molecule has 1 unspecified atom stereocenters. The highest BCUT2D eigenvalue weighted by atomic mass is 19.1. The third-order valence-electron chi connectivity index (χ3n) is 2.77. The summed E-state index contributed by atoms with van der Waals surface area (Å²) in [6, 6.07) is 0. The van der Waals surface area contributed by atoms with E-state index < -0.39 is 5.67 Å². The second-order valence-corrected chi connectivity index (χ2v) is 4.24. The van der Waals surface area contributed by atoms with Crippen molar-refractivity contribution in [1.29, 1.82) is 0 Å². The summed E-state index contributed by atoms with van der Waals surface area (Å²) in [6.45, 7) is 4.30. The second kappa shape index (κ2) is 4.26. The van der Waals surface area contributed by atoms with Gasteiger partial charge in [-0.1, -0.05) is 20.3 Å². The molecule has 1 aliphatic heterocycles. The van der Waals surface area contributed by atoms with E-state index in [-0.39, 0.29) is 31.5 Å². The molecule has 1 fully saturated rings. The molecule has 0 saturated carbocycles. The van der Waals surface area contributed by atoms with Gasteiger partial charge in [-0.05, 0) is 6.42 Å². The zero-order chi connectivity index (χ0) is 10.8. The van der Waals surface area contributed by atoms with Crippen molar-refractivity contribution >= 4 is 5.91 Å². The third-order valence-corrected chi connectivity index (χ3v) is 2.77. The Morgan fingerprint density at radius 3 is 2.64 bits per heavy atom. The van der Waals surface area contributed by atoms with Crippen molar-refractivity contribution in [2.45, 2.75) is 32.4 Å². The minimum absolute atomic E-state index is 0.0128. The van der Waals surface area contributed by atoms with Gasteiger partial charge in [-0.25, -0.2) is 4.39 Å². The van der Waals surface area contributed by atoms with E-state index in [2.05, 4.69) is 0 Å². The summed E-state index contributed by atoms with van der Waals surface area (Å²) in [5.41, 5.74) is 3.93. The van der Waals surface area contributed by atoms with Crippen molar-refractivity contribution < 1.29 is 9.18 Å². The molecule has 0 aromatic heterocycles. The van der Waals surface area contributed by atoms with E-state index in [4.69, 9.17) is 5.73 Å². The fourth-order valence-electron chi connectivity index (χ4n) is 1.79. The van der Waals surface area contributed by atoms with Crippen LogP contribution in [0, 0.1) is 5.92 Å². The first-order valence-corrected chi connectivity index (χ1v) is 5.20. The second-order valence-electron chi connectivity index (χ2n) is 4.24. The normalized spacial score (nSPS) is 21.6. The van der Waals surface area contributed by atoms with Gasteiger partial charge in [0.1, 0.15) is 0 Å². The van der Waals surface area contributed by atoms with E-state index in [1.54, 1.807) is 4.90 Å². The van der Waals surface area contributed by atoms with Crippen molar-refractivity contribution in [1.82, 2.24) is 4.90 Å². The number of carbonyl (C=O) groups excluding carboxylic acids is 1. The molecule has 0 bridgehead atoms. The average molecular weight is 202 g/mol. The molecule has 0 radical (unpaired) electrons. The number of rotatable bonds is 4. The summed E-state index contributed by atoms with van der Waals surface area (Å²) in [7, 11) is 0. The first-order chi connectivity index (χ1) is 6.52. The van der Waals surface area contributed by atoms with Crippen molar-refractivity contribution in [3.05, 3.63) is 0 Å². The summed E-state index contributed by atoms with van der Waals surface area (Å²) in [5.74, 6) is 0.0795. The molecule has 1 aliphatic rings. The molecule has 82 valence electrons. The molecular weight excluding hydrogens is 183 g/mol. The fraction of sp³-hybridized carbons (Fsp3) is 0.900. The maximum Gasteiger partial charge on any atom is 0.225 e. The van der Waals surface area contributed by atoms with E-state index in [1.165, 1.54) is 0 Å². The van der Waals surface area contributed by atoms with Crippen LogP contribution in [0.25, 0.3) is 0 Å². The van der Waals surface area contributed by atoms with Crippen molar-refractivity contribution in [3.63, 3.8) is 0 Å². The minimum Gasteiger partial charge on any atom is -0.336 e. The van der Waals surface area contributed by atoms with Crippen LogP contribution in [0.5, 0.6) is 0 Å². The number of nitrogens with zero attached hydrogens (tertiary/aromatic N) is 1. The number of carbonyl (C=O) groups is 1. The minimum atomic E-state index is -1.32. The molecule has 1 amide bonds. The largest absolute Gasteiger partial charge is 0.336 e. The molecule has 0 aliphatic carbocycles. The molecule has 14 heavy (non-hydrogen) atoms. The number of amides is 1. The molecular formula is C10H19FN2O. The number of nitrogens with two attached hydrogens (primary N) is 1. The SMILES string of the molecule is CCCC(C)C(=O)N1CC(F)(CN)C1. The van der Waals surface area contributed by atoms with Crippen molar-refractivity contribution in [2.75, 3.05) is 19.6 Å². The zero-order valence-electron chi connectivity index (χ0n) is 8.92. The zero-order valence-corrected chi connectivity index (χ0v) is 8.92. The Labute approximate surface area is 84.4 Å². The number of hydrogen-bond acceptors (Lipinski definition) is 2. The van der Waals surface area contributed by atoms with E-state index >= 15 is 0 Å². The van der Waals surface area contributed by atoms with Crippen LogP contribution in [-0.4, -0.2) is 36.1 Å². The van der Waals surface area contributed by atoms with Gasteiger partial charge in [0.05, 0.1) is 13.1 Å². The predicted molar refractivity (Wildman–Crippen MR) is 53.5 cm³/mol. The van der Waals surface area contributed by atoms with Crippen LogP contribution in [0.15, 0.2) is 0 Å². The monoisotopic (exact) mass is 202 g/mol. The van der Waals surface area contributed by atoms with Gasteiger partial charge < -0.3 is 10.6 Å². The van der Waals surface area contributed by atoms with Gasteiger partial charge >= 0.3 is 0 Å². The van der Waals surface area contributed by atoms with Crippen molar-refractivity contribution in [2.24, 2.45) is 11.7 Å². The molecule has 1 atom stereocenters. The van der Waals surface area contributed by atoms with Gasteiger partial charge in [0.25, 0.3) is 0 Å². The van der Waals surface area contributed by atoms with Crippen LogP contribution < -0.4 is 5.73 Å². The summed E-state index contributed by atoms with van der Waals surface area (Å²) in [4.78, 5) is 13.2. The lowest BCUT2D eigenvalue weighted by Gasteiger charge is -2.44. The molecule has 4 heteroatoms. The lowest BCUT2D eigenvalue weighted by molar-refractivity contribution is -0.148. The van der Waals surface area contributed by atoms with Gasteiger partial charge in [0, 0.05) is 12.5 Å². The van der Waals surface area contributed by atoms with E-state index in [1.807, 2.05) is 13.8 Å². The molecule has 2 N–H and O–H groups in total. The lowest BCUT2D eigenvalue weighted by Crippen LogP contribution is -2.64. The third kappa shape index (κ3) is 2.23. The summed E-state index contributed by atoms with van der Waals surface area (Å²) < 4.78 is 13.4. The topological polar surface area (TPSA) is 46.3 Å². The highest BCUT2D eigenvalue weighted by Gasteiger charge is 2.45. The molecule has 3 nitrogen and oxygen atoms in total. The highest BCUT2D eigenvalue weighted by Crippen LogP contribution is 2.26. The molecule has 0 aromatic rings. The standard InChI is InChI=1S/C10H19FN2O/c1-3-4-8(2)9(14)13-6-10(11,5-12)7-13/h8H,3-7,12H2,1-2H3. The lowest BCUT2D eigenvalue weighted by atomic mass is 9.93. The average Bonchev–Trinajstić information content (AvgIpc) is 2.12. The fourth-order valence-corrected chi connectivity index (χ4v) is 1.79. The Hall–Kier alpha value is -0.640. The Kier molecular flexibility index (Phi) is 3.48. The smallest absolute Gasteiger partial charge is 0.225 e. The summed E-state index contributed by atoms with van der Waals surface area (Å²) in [5, 5.41) is 0. The summed E-state index contributed by atoms with van der Waals surface area (Å²) in [6.07, 6.45) is 1.86. The molecule has 0 spiro atoms. The van der Waals surface area contributed by atoms with Crippen LogP contribution in [0.3, 0.4) is 0 Å². The van der Waals surface area contributed by atoms with Crippen LogP contribution in [0.1, 0.15) is 26.7 Å². The van der Waals surface area contributed by atoms with Gasteiger partial charge in [-0.3, -0.25) is 4.79 Å². The molecule has 1 saturated heterocycles. The van der Waals surface area contributed by atoms with Gasteiger partial charge in [-0.15, -0.1) is 0 Å².